The van der Waals surface area contributed by atoms with E-state index in [9.17, 15) is 4.39 Å². The van der Waals surface area contributed by atoms with Crippen LogP contribution in [0.25, 0.3) is 64.6 Å². The van der Waals surface area contributed by atoms with Crippen LogP contribution in [-0.4, -0.2) is 9.97 Å². The minimum Gasteiger partial charge on any atom is -0.256 e. The highest BCUT2D eigenvalue weighted by Gasteiger charge is 2.09. The summed E-state index contributed by atoms with van der Waals surface area (Å²) in [6.07, 6.45) is 3.78. The summed E-state index contributed by atoms with van der Waals surface area (Å²) in [4.78, 5) is 10.4. The maximum Gasteiger partial charge on any atom is 0.124 e. The third-order valence-corrected chi connectivity index (χ3v) is 7.75. The maximum absolute atomic E-state index is 13.3. The van der Waals surface area contributed by atoms with Gasteiger partial charge in [-0.1, -0.05) is 48.5 Å². The van der Waals surface area contributed by atoms with Crippen LogP contribution >= 0.6 is 11.3 Å². The van der Waals surface area contributed by atoms with Gasteiger partial charge in [-0.2, -0.15) is 0 Å². The fourth-order valence-electron chi connectivity index (χ4n) is 4.75. The van der Waals surface area contributed by atoms with Crippen molar-refractivity contribution in [3.8, 4) is 33.5 Å². The SMILES string of the molecule is Fc1ccc(-c2ccc3ccc(-c4ccc(-c5ccc6sc7ncccc7c6c5)nc4)cc3c2)cc1. The largest absolute Gasteiger partial charge is 0.256 e. The van der Waals surface area contributed by atoms with Crippen molar-refractivity contribution < 1.29 is 4.39 Å². The molecule has 4 aromatic carbocycles. The van der Waals surface area contributed by atoms with E-state index < -0.39 is 0 Å². The highest BCUT2D eigenvalue weighted by atomic mass is 32.1. The second kappa shape index (κ2) is 8.36. The van der Waals surface area contributed by atoms with Gasteiger partial charge in [0.1, 0.15) is 10.6 Å². The smallest absolute Gasteiger partial charge is 0.124 e. The van der Waals surface area contributed by atoms with Crippen molar-refractivity contribution in [1.82, 2.24) is 9.97 Å². The molecule has 170 valence electrons. The van der Waals surface area contributed by atoms with E-state index in [1.807, 2.05) is 30.6 Å². The summed E-state index contributed by atoms with van der Waals surface area (Å²) in [7, 11) is 0. The molecular formula is C32H19FN2S. The average Bonchev–Trinajstić information content (AvgIpc) is 3.31. The van der Waals surface area contributed by atoms with E-state index in [-0.39, 0.29) is 5.82 Å². The lowest BCUT2D eigenvalue weighted by Gasteiger charge is -2.08. The summed E-state index contributed by atoms with van der Waals surface area (Å²) >= 11 is 1.72. The number of halogens is 1. The van der Waals surface area contributed by atoms with Gasteiger partial charge in [0.15, 0.2) is 0 Å². The van der Waals surface area contributed by atoms with Gasteiger partial charge in [0.05, 0.1) is 5.69 Å². The fraction of sp³-hybridized carbons (Fsp3) is 0. The first-order chi connectivity index (χ1) is 17.7. The highest BCUT2D eigenvalue weighted by Crippen LogP contribution is 2.35. The maximum atomic E-state index is 13.3. The minimum absolute atomic E-state index is 0.224. The van der Waals surface area contributed by atoms with Gasteiger partial charge in [-0.25, -0.2) is 9.37 Å². The molecule has 0 aliphatic heterocycles. The molecule has 36 heavy (non-hydrogen) atoms. The molecule has 0 spiro atoms. The first-order valence-corrected chi connectivity index (χ1v) is 12.6. The lowest BCUT2D eigenvalue weighted by Crippen LogP contribution is -1.86. The van der Waals surface area contributed by atoms with Crippen LogP contribution in [0.3, 0.4) is 0 Å². The van der Waals surface area contributed by atoms with Crippen LogP contribution < -0.4 is 0 Å². The van der Waals surface area contributed by atoms with Crippen LogP contribution in [0.15, 0.2) is 116 Å². The zero-order valence-corrected chi connectivity index (χ0v) is 20.0. The molecule has 0 unspecified atom stereocenters. The second-order valence-corrected chi connectivity index (χ2v) is 9.92. The van der Waals surface area contributed by atoms with Gasteiger partial charge >= 0.3 is 0 Å². The van der Waals surface area contributed by atoms with Crippen molar-refractivity contribution in [2.75, 3.05) is 0 Å². The van der Waals surface area contributed by atoms with E-state index in [2.05, 4.69) is 77.8 Å². The number of thiophene rings is 1. The predicted octanol–water partition coefficient (Wildman–Crippen LogP) is 9.14. The first-order valence-electron chi connectivity index (χ1n) is 11.8. The number of rotatable bonds is 3. The Balaban J connectivity index is 1.23. The van der Waals surface area contributed by atoms with Crippen molar-refractivity contribution in [2.24, 2.45) is 0 Å². The molecule has 0 aliphatic carbocycles. The van der Waals surface area contributed by atoms with Gasteiger partial charge in [0.2, 0.25) is 0 Å². The zero-order valence-electron chi connectivity index (χ0n) is 19.2. The third-order valence-electron chi connectivity index (χ3n) is 6.66. The summed E-state index contributed by atoms with van der Waals surface area (Å²) in [5.74, 6) is -0.224. The van der Waals surface area contributed by atoms with Crippen LogP contribution in [0.5, 0.6) is 0 Å². The molecular weight excluding hydrogens is 463 g/mol. The van der Waals surface area contributed by atoms with Crippen LogP contribution in [0, 0.1) is 5.82 Å². The van der Waals surface area contributed by atoms with Crippen molar-refractivity contribution in [3.63, 3.8) is 0 Å². The number of hydrogen-bond acceptors (Lipinski definition) is 3. The Morgan fingerprint density at radius 3 is 2.06 bits per heavy atom. The molecule has 0 aliphatic rings. The Morgan fingerprint density at radius 1 is 0.556 bits per heavy atom. The van der Waals surface area contributed by atoms with Gasteiger partial charge in [-0.15, -0.1) is 11.3 Å². The molecule has 0 radical (unpaired) electrons. The summed E-state index contributed by atoms with van der Waals surface area (Å²) in [5.41, 5.74) is 6.30. The van der Waals surface area contributed by atoms with Crippen LogP contribution in [-0.2, 0) is 0 Å². The zero-order chi connectivity index (χ0) is 24.1. The van der Waals surface area contributed by atoms with Gasteiger partial charge in [0.25, 0.3) is 0 Å². The predicted molar refractivity (Wildman–Crippen MR) is 149 cm³/mol. The molecule has 4 heteroatoms. The van der Waals surface area contributed by atoms with Crippen molar-refractivity contribution in [3.05, 3.63) is 121 Å². The number of aromatic nitrogens is 2. The van der Waals surface area contributed by atoms with Crippen LogP contribution in [0.1, 0.15) is 0 Å². The Labute approximate surface area is 211 Å². The number of pyridine rings is 2. The van der Waals surface area contributed by atoms with E-state index >= 15 is 0 Å². The van der Waals surface area contributed by atoms with E-state index in [1.54, 1.807) is 11.3 Å². The van der Waals surface area contributed by atoms with E-state index in [0.717, 1.165) is 43.7 Å². The standard InChI is InChI=1S/C32H19FN2S/c33-27-11-7-20(8-12-27)22-5-3-21-4-6-23(17-26(21)16-22)25-9-13-30(35-19-25)24-10-14-31-29(18-24)28-2-1-15-34-32(28)36-31/h1-19H. The van der Waals surface area contributed by atoms with Crippen molar-refractivity contribution in [1.29, 1.82) is 0 Å². The lowest BCUT2D eigenvalue weighted by molar-refractivity contribution is 0.628. The fourth-order valence-corrected chi connectivity index (χ4v) is 5.78. The Hall–Kier alpha value is -4.41. The second-order valence-electron chi connectivity index (χ2n) is 8.88. The average molecular weight is 483 g/mol. The van der Waals surface area contributed by atoms with E-state index in [1.165, 1.54) is 33.0 Å². The molecule has 3 aromatic heterocycles. The summed E-state index contributed by atoms with van der Waals surface area (Å²) in [5, 5.41) is 4.71. The molecule has 0 bridgehead atoms. The molecule has 0 atom stereocenters. The van der Waals surface area contributed by atoms with Gasteiger partial charge < -0.3 is 0 Å². The molecule has 0 saturated carbocycles. The summed E-state index contributed by atoms with van der Waals surface area (Å²) < 4.78 is 14.6. The minimum atomic E-state index is -0.224. The number of nitrogens with zero attached hydrogens (tertiary/aromatic N) is 2. The van der Waals surface area contributed by atoms with Gasteiger partial charge in [0, 0.05) is 39.0 Å². The Morgan fingerprint density at radius 2 is 1.28 bits per heavy atom. The summed E-state index contributed by atoms with van der Waals surface area (Å²) in [6, 6.07) is 34.3. The Bertz CT molecular complexity index is 1890. The summed E-state index contributed by atoms with van der Waals surface area (Å²) in [6.45, 7) is 0. The molecule has 3 heterocycles. The monoisotopic (exact) mass is 482 g/mol. The van der Waals surface area contributed by atoms with Gasteiger partial charge in [-0.3, -0.25) is 4.98 Å². The lowest BCUT2D eigenvalue weighted by atomic mass is 9.98. The van der Waals surface area contributed by atoms with E-state index in [0.29, 0.717) is 0 Å². The molecule has 0 N–H and O–H groups in total. The highest BCUT2D eigenvalue weighted by molar-refractivity contribution is 7.25. The quantitative estimate of drug-likeness (QED) is 0.251. The third kappa shape index (κ3) is 3.63. The molecule has 0 fully saturated rings. The van der Waals surface area contributed by atoms with Crippen LogP contribution in [0.2, 0.25) is 0 Å². The molecule has 0 saturated heterocycles. The first kappa shape index (κ1) is 20.9. The van der Waals surface area contributed by atoms with Crippen molar-refractivity contribution in [2.45, 2.75) is 0 Å². The normalized spacial score (nSPS) is 11.5. The molecule has 2 nitrogen and oxygen atoms in total. The molecule has 0 amide bonds. The number of fused-ring (bicyclic) bond motifs is 4. The van der Waals surface area contributed by atoms with Gasteiger partial charge in [-0.05, 0) is 82.1 Å². The van der Waals surface area contributed by atoms with E-state index in [4.69, 9.17) is 4.98 Å². The number of hydrogen-bond donors (Lipinski definition) is 0. The Kier molecular flexibility index (Phi) is 4.86. The molecule has 7 aromatic rings. The van der Waals surface area contributed by atoms with Crippen molar-refractivity contribution >= 4 is 42.4 Å². The number of benzene rings is 4. The van der Waals surface area contributed by atoms with Crippen LogP contribution in [0.4, 0.5) is 4.39 Å². The topological polar surface area (TPSA) is 25.8 Å². The molecule has 7 rings (SSSR count).